The van der Waals surface area contributed by atoms with Gasteiger partial charge in [-0.1, -0.05) is 13.3 Å². The van der Waals surface area contributed by atoms with Gasteiger partial charge >= 0.3 is 0 Å². The lowest BCUT2D eigenvalue weighted by atomic mass is 9.88. The molecule has 1 aliphatic rings. The molecule has 6 heteroatoms. The van der Waals surface area contributed by atoms with E-state index >= 15 is 0 Å². The van der Waals surface area contributed by atoms with Crippen molar-refractivity contribution in [2.45, 2.75) is 31.4 Å². The van der Waals surface area contributed by atoms with E-state index < -0.39 is 11.6 Å². The van der Waals surface area contributed by atoms with Crippen LogP contribution in [0.3, 0.4) is 0 Å². The summed E-state index contributed by atoms with van der Waals surface area (Å²) in [5.74, 6) is -0.149. The third kappa shape index (κ3) is 2.39. The summed E-state index contributed by atoms with van der Waals surface area (Å²) in [6, 6.07) is -0.690. The van der Waals surface area contributed by atoms with E-state index in [2.05, 4.69) is 5.10 Å². The van der Waals surface area contributed by atoms with Gasteiger partial charge in [-0.2, -0.15) is 5.10 Å². The van der Waals surface area contributed by atoms with Gasteiger partial charge in [0.25, 0.3) is 0 Å². The molecule has 1 aromatic rings. The predicted octanol–water partition coefficient (Wildman–Crippen LogP) is -0.207. The number of amides is 1. The highest BCUT2D eigenvalue weighted by molar-refractivity contribution is 5.83. The van der Waals surface area contributed by atoms with Gasteiger partial charge in [0.15, 0.2) is 0 Å². The molecule has 1 saturated heterocycles. The van der Waals surface area contributed by atoms with Crippen molar-refractivity contribution in [3.8, 4) is 0 Å². The molecule has 3 N–H and O–H groups in total. The Morgan fingerprint density at radius 1 is 1.67 bits per heavy atom. The molecule has 0 aromatic carbocycles. The number of rotatable bonds is 4. The van der Waals surface area contributed by atoms with Gasteiger partial charge < -0.3 is 15.7 Å². The van der Waals surface area contributed by atoms with Gasteiger partial charge in [-0.05, 0) is 6.42 Å². The highest BCUT2D eigenvalue weighted by atomic mass is 16.3. The number of hydrogen-bond acceptors (Lipinski definition) is 4. The number of nitrogens with two attached hydrogens (primary N) is 1. The number of likely N-dealkylation sites (tertiary alicyclic amines) is 1. The Kier molecular flexibility index (Phi) is 3.41. The van der Waals surface area contributed by atoms with Crippen LogP contribution >= 0.6 is 0 Å². The molecule has 2 rings (SSSR count). The number of carbonyl (C=O) groups is 1. The fraction of sp³-hybridized carbons (Fsp3) is 0.667. The molecule has 1 amide bonds. The zero-order chi connectivity index (χ0) is 13.3. The molecule has 1 fully saturated rings. The third-order valence-electron chi connectivity index (χ3n) is 3.35. The second-order valence-electron chi connectivity index (χ2n) is 5.09. The molecule has 1 aliphatic heterocycles. The van der Waals surface area contributed by atoms with Crippen LogP contribution in [-0.4, -0.2) is 44.4 Å². The van der Waals surface area contributed by atoms with Gasteiger partial charge in [0.05, 0.1) is 24.9 Å². The van der Waals surface area contributed by atoms with E-state index in [1.54, 1.807) is 29.0 Å². The molecule has 100 valence electrons. The number of aromatic nitrogens is 2. The minimum atomic E-state index is -0.709. The van der Waals surface area contributed by atoms with Crippen LogP contribution in [0.25, 0.3) is 0 Å². The highest BCUT2D eigenvalue weighted by Gasteiger charge is 2.44. The van der Waals surface area contributed by atoms with Crippen LogP contribution in [0.2, 0.25) is 0 Å². The second kappa shape index (κ2) is 4.70. The lowest BCUT2D eigenvalue weighted by Crippen LogP contribution is -2.64. The van der Waals surface area contributed by atoms with E-state index in [1.165, 1.54) is 0 Å². The second-order valence-corrected chi connectivity index (χ2v) is 5.09. The van der Waals surface area contributed by atoms with Gasteiger partial charge in [0, 0.05) is 18.8 Å². The molecule has 0 spiro atoms. The van der Waals surface area contributed by atoms with Crippen molar-refractivity contribution in [2.75, 3.05) is 13.1 Å². The Hall–Kier alpha value is -1.40. The zero-order valence-corrected chi connectivity index (χ0v) is 10.8. The Balaban J connectivity index is 1.94. The molecular weight excluding hydrogens is 232 g/mol. The fourth-order valence-corrected chi connectivity index (χ4v) is 2.38. The van der Waals surface area contributed by atoms with E-state index in [9.17, 15) is 9.90 Å². The molecule has 0 radical (unpaired) electrons. The summed E-state index contributed by atoms with van der Waals surface area (Å²) >= 11 is 0. The van der Waals surface area contributed by atoms with Gasteiger partial charge in [-0.15, -0.1) is 0 Å². The summed E-state index contributed by atoms with van der Waals surface area (Å²) in [7, 11) is 1.78. The predicted molar refractivity (Wildman–Crippen MR) is 66.6 cm³/mol. The van der Waals surface area contributed by atoms with Crippen LogP contribution in [0.15, 0.2) is 12.4 Å². The number of nitrogens with zero attached hydrogens (tertiary/aromatic N) is 3. The Morgan fingerprint density at radius 3 is 2.83 bits per heavy atom. The fourth-order valence-electron chi connectivity index (χ4n) is 2.38. The smallest absolute Gasteiger partial charge is 0.244 e. The van der Waals surface area contributed by atoms with Gasteiger partial charge in [0.2, 0.25) is 5.91 Å². The standard InChI is InChI=1S/C12H20N4O2/c1-3-4-12(18)7-16(8-12)11(17)10(13)9-5-14-15(2)6-9/h5-6,10,18H,3-4,7-8,13H2,1-2H3. The van der Waals surface area contributed by atoms with Gasteiger partial charge in [-0.3, -0.25) is 9.48 Å². The first-order valence-corrected chi connectivity index (χ1v) is 6.20. The molecule has 0 bridgehead atoms. The first kappa shape index (κ1) is 13.0. The van der Waals surface area contributed by atoms with Crippen molar-refractivity contribution in [3.05, 3.63) is 18.0 Å². The monoisotopic (exact) mass is 252 g/mol. The van der Waals surface area contributed by atoms with Crippen LogP contribution < -0.4 is 5.73 Å². The maximum Gasteiger partial charge on any atom is 0.244 e. The average Bonchev–Trinajstić information content (AvgIpc) is 2.71. The molecule has 6 nitrogen and oxygen atoms in total. The number of β-amino-alcohol motifs (C(OH)–C–C–N with tert-alkyl or cyclic N) is 1. The average molecular weight is 252 g/mol. The van der Waals surface area contributed by atoms with Gasteiger partial charge in [-0.25, -0.2) is 0 Å². The molecular formula is C12H20N4O2. The lowest BCUT2D eigenvalue weighted by molar-refractivity contribution is -0.158. The topological polar surface area (TPSA) is 84.4 Å². The molecule has 2 heterocycles. The number of hydrogen-bond donors (Lipinski definition) is 2. The molecule has 18 heavy (non-hydrogen) atoms. The third-order valence-corrected chi connectivity index (χ3v) is 3.35. The maximum atomic E-state index is 12.1. The lowest BCUT2D eigenvalue weighted by Gasteiger charge is -2.47. The normalized spacial score (nSPS) is 19.4. The first-order valence-electron chi connectivity index (χ1n) is 6.20. The molecule has 1 unspecified atom stereocenters. The molecule has 1 aromatic heterocycles. The van der Waals surface area contributed by atoms with E-state index in [0.717, 1.165) is 12.8 Å². The van der Waals surface area contributed by atoms with E-state index in [4.69, 9.17) is 5.73 Å². The zero-order valence-electron chi connectivity index (χ0n) is 10.8. The maximum absolute atomic E-state index is 12.1. The molecule has 0 aliphatic carbocycles. The summed E-state index contributed by atoms with van der Waals surface area (Å²) in [4.78, 5) is 13.7. The number of aliphatic hydroxyl groups is 1. The first-order chi connectivity index (χ1) is 8.45. The summed E-state index contributed by atoms with van der Waals surface area (Å²) < 4.78 is 1.62. The van der Waals surface area contributed by atoms with Crippen molar-refractivity contribution in [1.29, 1.82) is 0 Å². The van der Waals surface area contributed by atoms with E-state index in [0.29, 0.717) is 18.7 Å². The van der Waals surface area contributed by atoms with Crippen molar-refractivity contribution in [2.24, 2.45) is 12.8 Å². The van der Waals surface area contributed by atoms with Crippen molar-refractivity contribution in [3.63, 3.8) is 0 Å². The van der Waals surface area contributed by atoms with Crippen LogP contribution in [0.4, 0.5) is 0 Å². The van der Waals surface area contributed by atoms with Crippen LogP contribution in [0, 0.1) is 0 Å². The summed E-state index contributed by atoms with van der Waals surface area (Å²) in [5, 5.41) is 14.0. The van der Waals surface area contributed by atoms with Crippen molar-refractivity contribution < 1.29 is 9.90 Å². The molecule has 1 atom stereocenters. The Labute approximate surface area is 106 Å². The summed E-state index contributed by atoms with van der Waals surface area (Å²) in [6.45, 7) is 2.78. The summed E-state index contributed by atoms with van der Waals surface area (Å²) in [6.07, 6.45) is 4.97. The highest BCUT2D eigenvalue weighted by Crippen LogP contribution is 2.28. The summed E-state index contributed by atoms with van der Waals surface area (Å²) in [5.41, 5.74) is 5.89. The van der Waals surface area contributed by atoms with E-state index in [-0.39, 0.29) is 5.91 Å². The molecule has 0 saturated carbocycles. The van der Waals surface area contributed by atoms with Crippen LogP contribution in [0.1, 0.15) is 31.4 Å². The van der Waals surface area contributed by atoms with Gasteiger partial charge in [0.1, 0.15) is 6.04 Å². The van der Waals surface area contributed by atoms with E-state index in [1.807, 2.05) is 6.92 Å². The quantitative estimate of drug-likeness (QED) is 0.777. The number of aryl methyl sites for hydroxylation is 1. The van der Waals surface area contributed by atoms with Crippen LogP contribution in [-0.2, 0) is 11.8 Å². The van der Waals surface area contributed by atoms with Crippen molar-refractivity contribution in [1.82, 2.24) is 14.7 Å². The minimum Gasteiger partial charge on any atom is -0.386 e. The number of carbonyl (C=O) groups excluding carboxylic acids is 1. The Bertz CT molecular complexity index is 437. The SMILES string of the molecule is CCCC1(O)CN(C(=O)C(N)c2cnn(C)c2)C1. The van der Waals surface area contributed by atoms with Crippen molar-refractivity contribution >= 4 is 5.91 Å². The Morgan fingerprint density at radius 2 is 2.33 bits per heavy atom. The van der Waals surface area contributed by atoms with Crippen LogP contribution in [0.5, 0.6) is 0 Å². The largest absolute Gasteiger partial charge is 0.386 e. The minimum absolute atomic E-state index is 0.149.